The molecule has 96 heavy (non-hydrogen) atoms. The molecule has 0 bridgehead atoms. The first kappa shape index (κ1) is 64.2. The number of unbranched alkanes of at least 4 members (excludes halogenated alkanes) is 9. The van der Waals surface area contributed by atoms with Crippen molar-refractivity contribution in [3.63, 3.8) is 0 Å². The Kier molecular flexibility index (Phi) is 21.1. The highest BCUT2D eigenvalue weighted by atomic mass is 16.5. The van der Waals surface area contributed by atoms with E-state index in [-0.39, 0.29) is 0 Å². The Labute approximate surface area is 568 Å². The van der Waals surface area contributed by atoms with Gasteiger partial charge in [0, 0.05) is 67.9 Å². The smallest absolute Gasteiger partial charge is 0.127 e. The molecule has 0 heterocycles. The Morgan fingerprint density at radius 2 is 0.406 bits per heavy atom. The van der Waals surface area contributed by atoms with E-state index in [0.29, 0.717) is 19.8 Å². The van der Waals surface area contributed by atoms with Crippen molar-refractivity contribution in [1.29, 1.82) is 0 Å². The van der Waals surface area contributed by atoms with Crippen LogP contribution in [0, 0.1) is 0 Å². The molecule has 13 rings (SSSR count). The summed E-state index contributed by atoms with van der Waals surface area (Å²) in [4.78, 5) is 6.97. The lowest BCUT2D eigenvalue weighted by Gasteiger charge is -2.26. The Balaban J connectivity index is 1.04. The van der Waals surface area contributed by atoms with Crippen molar-refractivity contribution in [3.05, 3.63) is 291 Å². The van der Waals surface area contributed by atoms with E-state index in [1.807, 2.05) is 0 Å². The van der Waals surface area contributed by atoms with E-state index in [2.05, 4.69) is 327 Å². The summed E-state index contributed by atoms with van der Waals surface area (Å²) in [6, 6.07) is 105. The maximum absolute atomic E-state index is 7.16. The number of fused-ring (bicyclic) bond motifs is 6. The van der Waals surface area contributed by atoms with Gasteiger partial charge in [0.05, 0.1) is 19.8 Å². The molecule has 0 spiro atoms. The maximum atomic E-state index is 7.16. The Hall–Kier alpha value is -10.6. The third kappa shape index (κ3) is 14.7. The zero-order valence-corrected chi connectivity index (χ0v) is 55.9. The first-order chi connectivity index (χ1) is 47.5. The molecule has 0 saturated carbocycles. The summed E-state index contributed by atoms with van der Waals surface area (Å²) in [6.45, 7) is 8.63. The standard InChI is InChI=1S/C90H87N3O3/c1-4-7-10-31-58-94-88-64-85-82(61-79(88)67-46-52-76(53-47-67)91(70-34-19-13-20-35-70)71-36-21-14-22-37-71)86-65-89(95-59-32-11-8-5-2)81(69-50-56-78(57-51-69)93(74-42-27-17-28-43-74)75-44-29-18-30-45-75)63-84(86)87-66-90(96-60-33-12-9-6-3)80(62-83(85)87)68-48-54-77(55-49-68)92(72-38-23-15-24-39-72)73-40-25-16-26-41-73/h13-30,34-57,61-66H,4-12,31-33,58-60H2,1-3H3. The first-order valence-corrected chi connectivity index (χ1v) is 35.0. The molecule has 0 saturated heterocycles. The van der Waals surface area contributed by atoms with E-state index >= 15 is 0 Å². The normalized spacial score (nSPS) is 11.3. The average molecular weight is 1260 g/mol. The number of anilines is 9. The summed E-state index contributed by atoms with van der Waals surface area (Å²) in [6.07, 6.45) is 13.2. The van der Waals surface area contributed by atoms with Crippen molar-refractivity contribution in [3.8, 4) is 50.6 Å². The zero-order chi connectivity index (χ0) is 65.3. The lowest BCUT2D eigenvalue weighted by molar-refractivity contribution is 0.306. The fourth-order valence-electron chi connectivity index (χ4n) is 13.4. The van der Waals surface area contributed by atoms with Gasteiger partial charge in [-0.1, -0.05) is 224 Å². The number of rotatable bonds is 30. The molecule has 0 aliphatic heterocycles. The fraction of sp³-hybridized carbons (Fsp3) is 0.200. The van der Waals surface area contributed by atoms with E-state index in [1.54, 1.807) is 0 Å². The van der Waals surface area contributed by atoms with E-state index < -0.39 is 0 Å². The minimum Gasteiger partial charge on any atom is -0.493 e. The fourth-order valence-corrected chi connectivity index (χ4v) is 13.4. The minimum absolute atomic E-state index is 0.612. The van der Waals surface area contributed by atoms with Crippen LogP contribution in [0.4, 0.5) is 51.2 Å². The number of benzene rings is 13. The summed E-state index contributed by atoms with van der Waals surface area (Å²) in [5.74, 6) is 2.59. The Bertz CT molecular complexity index is 3970. The second kappa shape index (κ2) is 31.6. The molecular formula is C90H87N3O3. The number of para-hydroxylation sites is 6. The molecule has 0 unspecified atom stereocenters. The van der Waals surface area contributed by atoms with Crippen LogP contribution in [-0.2, 0) is 0 Å². The van der Waals surface area contributed by atoms with E-state index in [0.717, 1.165) is 192 Å². The van der Waals surface area contributed by atoms with Crippen molar-refractivity contribution >= 4 is 83.5 Å². The second-order valence-electron chi connectivity index (χ2n) is 25.1. The molecule has 480 valence electrons. The van der Waals surface area contributed by atoms with Crippen LogP contribution < -0.4 is 28.9 Å². The quantitative estimate of drug-likeness (QED) is 0.0330. The molecule has 6 heteroatoms. The molecule has 0 radical (unpaired) electrons. The largest absolute Gasteiger partial charge is 0.493 e. The summed E-state index contributed by atoms with van der Waals surface area (Å²) in [5, 5.41) is 6.71. The second-order valence-corrected chi connectivity index (χ2v) is 25.1. The molecule has 13 aromatic carbocycles. The van der Waals surface area contributed by atoms with Gasteiger partial charge in [-0.25, -0.2) is 0 Å². The highest BCUT2D eigenvalue weighted by molar-refractivity contribution is 6.28. The van der Waals surface area contributed by atoms with Crippen LogP contribution in [0.1, 0.15) is 97.8 Å². The summed E-state index contributed by atoms with van der Waals surface area (Å²) < 4.78 is 21.5. The Morgan fingerprint density at radius 1 is 0.208 bits per heavy atom. The van der Waals surface area contributed by atoms with E-state index in [9.17, 15) is 0 Å². The summed E-state index contributed by atoms with van der Waals surface area (Å²) in [7, 11) is 0. The van der Waals surface area contributed by atoms with Crippen molar-refractivity contribution in [1.82, 2.24) is 0 Å². The lowest BCUT2D eigenvalue weighted by atomic mass is 9.87. The van der Waals surface area contributed by atoms with Gasteiger partial charge >= 0.3 is 0 Å². The molecule has 0 atom stereocenters. The molecule has 0 amide bonds. The molecule has 13 aromatic rings. The van der Waals surface area contributed by atoms with Gasteiger partial charge in [0.2, 0.25) is 0 Å². The summed E-state index contributed by atoms with van der Waals surface area (Å²) >= 11 is 0. The number of hydrogen-bond donors (Lipinski definition) is 0. The maximum Gasteiger partial charge on any atom is 0.127 e. The SMILES string of the molecule is CCCCCCOc1cc2c(cc1-c1ccc(N(c3ccccc3)c3ccccc3)cc1)c1cc(OCCCCCC)c(-c3ccc(N(c4ccccc4)c4ccccc4)cc3)cc1c1cc(OCCCCCC)c(-c3ccc(N(c4ccccc4)c4ccccc4)cc3)cc21. The molecule has 0 fully saturated rings. The van der Waals surface area contributed by atoms with Crippen molar-refractivity contribution in [2.24, 2.45) is 0 Å². The molecule has 6 nitrogen and oxygen atoms in total. The van der Waals surface area contributed by atoms with Crippen LogP contribution in [0.25, 0.3) is 65.7 Å². The average Bonchev–Trinajstić information content (AvgIpc) is 0.720. The predicted molar refractivity (Wildman–Crippen MR) is 408 cm³/mol. The van der Waals surface area contributed by atoms with Gasteiger partial charge in [0.1, 0.15) is 17.2 Å². The number of nitrogens with zero attached hydrogens (tertiary/aromatic N) is 3. The van der Waals surface area contributed by atoms with E-state index in [1.165, 1.54) is 19.3 Å². The van der Waals surface area contributed by atoms with Crippen molar-refractivity contribution in [2.75, 3.05) is 34.5 Å². The highest BCUT2D eigenvalue weighted by Gasteiger charge is 2.23. The van der Waals surface area contributed by atoms with Crippen LogP contribution in [0.15, 0.2) is 291 Å². The Morgan fingerprint density at radius 3 is 0.615 bits per heavy atom. The van der Waals surface area contributed by atoms with Crippen LogP contribution >= 0.6 is 0 Å². The van der Waals surface area contributed by atoms with Crippen LogP contribution in [0.2, 0.25) is 0 Å². The van der Waals surface area contributed by atoms with Crippen molar-refractivity contribution < 1.29 is 14.2 Å². The zero-order valence-electron chi connectivity index (χ0n) is 55.9. The third-order valence-corrected chi connectivity index (χ3v) is 18.4. The van der Waals surface area contributed by atoms with Crippen molar-refractivity contribution in [2.45, 2.75) is 97.8 Å². The molecule has 0 aliphatic carbocycles. The third-order valence-electron chi connectivity index (χ3n) is 18.4. The van der Waals surface area contributed by atoms with Gasteiger partial charge in [-0.3, -0.25) is 0 Å². The highest BCUT2D eigenvalue weighted by Crippen LogP contribution is 2.49. The molecule has 0 aromatic heterocycles. The van der Waals surface area contributed by atoms with Crippen LogP contribution in [-0.4, -0.2) is 19.8 Å². The predicted octanol–water partition coefficient (Wildman–Crippen LogP) is 26.4. The first-order valence-electron chi connectivity index (χ1n) is 35.0. The lowest BCUT2D eigenvalue weighted by Crippen LogP contribution is -2.09. The van der Waals surface area contributed by atoms with E-state index in [4.69, 9.17) is 14.2 Å². The number of ether oxygens (including phenoxy) is 3. The minimum atomic E-state index is 0.612. The van der Waals surface area contributed by atoms with Gasteiger partial charge in [0.15, 0.2) is 0 Å². The number of hydrogen-bond acceptors (Lipinski definition) is 6. The monoisotopic (exact) mass is 1260 g/mol. The topological polar surface area (TPSA) is 37.4 Å². The van der Waals surface area contributed by atoms with Crippen LogP contribution in [0.3, 0.4) is 0 Å². The van der Waals surface area contributed by atoms with Gasteiger partial charge < -0.3 is 28.9 Å². The van der Waals surface area contributed by atoms with Gasteiger partial charge in [-0.05, 0) is 214 Å². The molecule has 0 aliphatic rings. The summed E-state index contributed by atoms with van der Waals surface area (Å²) in [5.41, 5.74) is 16.2. The van der Waals surface area contributed by atoms with Gasteiger partial charge in [-0.15, -0.1) is 0 Å². The van der Waals surface area contributed by atoms with Gasteiger partial charge in [-0.2, -0.15) is 0 Å². The molecule has 0 N–H and O–H groups in total. The molecular weight excluding hydrogens is 1170 g/mol. The van der Waals surface area contributed by atoms with Crippen LogP contribution in [0.5, 0.6) is 17.2 Å². The van der Waals surface area contributed by atoms with Gasteiger partial charge in [0.25, 0.3) is 0 Å².